The van der Waals surface area contributed by atoms with Gasteiger partial charge in [0.15, 0.2) is 0 Å². The van der Waals surface area contributed by atoms with Crippen molar-refractivity contribution < 1.29 is 18.9 Å². The van der Waals surface area contributed by atoms with Crippen LogP contribution in [0, 0.1) is 0 Å². The maximum Gasteiger partial charge on any atom is 0.142 e. The van der Waals surface area contributed by atoms with E-state index in [0.29, 0.717) is 33.0 Å². The molecular weight excluding hydrogens is 426 g/mol. The molecule has 0 amide bonds. The van der Waals surface area contributed by atoms with Crippen molar-refractivity contribution in [2.24, 2.45) is 0 Å². The van der Waals surface area contributed by atoms with Crippen LogP contribution < -0.4 is 24.3 Å². The number of hydrogen-bond acceptors (Lipinski definition) is 5. The first-order chi connectivity index (χ1) is 16.9. The van der Waals surface area contributed by atoms with Gasteiger partial charge in [-0.1, -0.05) is 60.7 Å². The smallest absolute Gasteiger partial charge is 0.142 e. The fourth-order valence-electron chi connectivity index (χ4n) is 3.30. The molecule has 0 aliphatic carbocycles. The lowest BCUT2D eigenvalue weighted by molar-refractivity contribution is 0.217. The molecule has 0 aromatic heterocycles. The van der Waals surface area contributed by atoms with Gasteiger partial charge in [-0.25, -0.2) is 0 Å². The predicted molar refractivity (Wildman–Crippen MR) is 135 cm³/mol. The molecule has 5 heteroatoms. The molecule has 34 heavy (non-hydrogen) atoms. The van der Waals surface area contributed by atoms with Gasteiger partial charge in [-0.15, -0.1) is 0 Å². The third-order valence-corrected chi connectivity index (χ3v) is 5.01. The van der Waals surface area contributed by atoms with Crippen molar-refractivity contribution in [1.29, 1.82) is 0 Å². The van der Waals surface area contributed by atoms with E-state index in [-0.39, 0.29) is 0 Å². The van der Waals surface area contributed by atoms with Crippen LogP contribution in [0.4, 0.5) is 5.69 Å². The lowest BCUT2D eigenvalue weighted by Gasteiger charge is -2.14. The molecule has 0 heterocycles. The molecule has 0 unspecified atom stereocenters. The zero-order valence-electron chi connectivity index (χ0n) is 19.1. The second-order valence-corrected chi connectivity index (χ2v) is 7.51. The van der Waals surface area contributed by atoms with Crippen LogP contribution in [0.2, 0.25) is 0 Å². The SMILES string of the molecule is c1ccc(OCCOc2ccc(CNc3ccccc3OCCOc3ccccc3)cc2)cc1. The highest BCUT2D eigenvalue weighted by Gasteiger charge is 2.04. The molecule has 5 nitrogen and oxygen atoms in total. The van der Waals surface area contributed by atoms with E-state index in [0.717, 1.165) is 34.2 Å². The Kier molecular flexibility index (Phi) is 8.68. The fourth-order valence-corrected chi connectivity index (χ4v) is 3.30. The highest BCUT2D eigenvalue weighted by molar-refractivity contribution is 5.56. The summed E-state index contributed by atoms with van der Waals surface area (Å²) in [6.45, 7) is 2.62. The van der Waals surface area contributed by atoms with Crippen LogP contribution in [-0.2, 0) is 6.54 Å². The largest absolute Gasteiger partial charge is 0.490 e. The summed E-state index contributed by atoms with van der Waals surface area (Å²) < 4.78 is 23.1. The summed E-state index contributed by atoms with van der Waals surface area (Å²) >= 11 is 0. The third kappa shape index (κ3) is 7.48. The summed E-state index contributed by atoms with van der Waals surface area (Å²) in [4.78, 5) is 0. The van der Waals surface area contributed by atoms with E-state index in [1.54, 1.807) is 0 Å². The Bertz CT molecular complexity index is 1100. The van der Waals surface area contributed by atoms with Gasteiger partial charge in [0.05, 0.1) is 5.69 Å². The Hall–Kier alpha value is -4.12. The van der Waals surface area contributed by atoms with Gasteiger partial charge in [0, 0.05) is 6.54 Å². The van der Waals surface area contributed by atoms with Crippen LogP contribution in [0.15, 0.2) is 109 Å². The van der Waals surface area contributed by atoms with Crippen molar-refractivity contribution >= 4 is 5.69 Å². The molecule has 0 aliphatic heterocycles. The number of para-hydroxylation sites is 4. The number of hydrogen-bond donors (Lipinski definition) is 1. The standard InChI is InChI=1S/C29H29NO4/c1-3-9-25(10-4-1)31-19-20-33-27-17-15-24(16-18-27)23-30-28-13-7-8-14-29(28)34-22-21-32-26-11-5-2-6-12-26/h1-18,30H,19-23H2. The van der Waals surface area contributed by atoms with E-state index < -0.39 is 0 Å². The number of benzene rings is 4. The normalized spacial score (nSPS) is 10.4. The van der Waals surface area contributed by atoms with Gasteiger partial charge in [0.2, 0.25) is 0 Å². The monoisotopic (exact) mass is 455 g/mol. The van der Waals surface area contributed by atoms with Gasteiger partial charge in [-0.05, 0) is 54.1 Å². The lowest BCUT2D eigenvalue weighted by Crippen LogP contribution is -2.10. The van der Waals surface area contributed by atoms with Crippen LogP contribution in [0.3, 0.4) is 0 Å². The van der Waals surface area contributed by atoms with E-state index in [9.17, 15) is 0 Å². The lowest BCUT2D eigenvalue weighted by atomic mass is 10.2. The summed E-state index contributed by atoms with van der Waals surface area (Å²) in [6, 6.07) is 35.5. The Morgan fingerprint density at radius 2 is 0.912 bits per heavy atom. The van der Waals surface area contributed by atoms with Gasteiger partial charge in [0.1, 0.15) is 49.4 Å². The van der Waals surface area contributed by atoms with E-state index in [2.05, 4.69) is 17.4 Å². The van der Waals surface area contributed by atoms with E-state index in [1.165, 1.54) is 0 Å². The minimum absolute atomic E-state index is 0.466. The van der Waals surface area contributed by atoms with Crippen LogP contribution in [0.25, 0.3) is 0 Å². The molecule has 0 saturated carbocycles. The molecule has 1 N–H and O–H groups in total. The zero-order chi connectivity index (χ0) is 23.3. The summed E-state index contributed by atoms with van der Waals surface area (Å²) in [5.41, 5.74) is 2.09. The van der Waals surface area contributed by atoms with Crippen LogP contribution in [0.1, 0.15) is 5.56 Å². The van der Waals surface area contributed by atoms with E-state index >= 15 is 0 Å². The molecule has 0 aliphatic rings. The topological polar surface area (TPSA) is 49.0 Å². The second-order valence-electron chi connectivity index (χ2n) is 7.51. The fraction of sp³-hybridized carbons (Fsp3) is 0.172. The Balaban J connectivity index is 1.19. The third-order valence-electron chi connectivity index (χ3n) is 5.01. The first-order valence-corrected chi connectivity index (χ1v) is 11.4. The summed E-state index contributed by atoms with van der Waals surface area (Å²) in [5, 5.41) is 3.45. The van der Waals surface area contributed by atoms with Gasteiger partial charge in [-0.2, -0.15) is 0 Å². The number of anilines is 1. The maximum atomic E-state index is 5.93. The van der Waals surface area contributed by atoms with Crippen molar-refractivity contribution in [3.8, 4) is 23.0 Å². The molecule has 0 spiro atoms. The molecule has 0 fully saturated rings. The summed E-state index contributed by atoms with van der Waals surface area (Å²) in [6.07, 6.45) is 0. The predicted octanol–water partition coefficient (Wildman–Crippen LogP) is 6.21. The van der Waals surface area contributed by atoms with Crippen molar-refractivity contribution in [1.82, 2.24) is 0 Å². The van der Waals surface area contributed by atoms with Crippen molar-refractivity contribution in [3.05, 3.63) is 115 Å². The molecule has 0 atom stereocenters. The van der Waals surface area contributed by atoms with Gasteiger partial charge >= 0.3 is 0 Å². The summed E-state index contributed by atoms with van der Waals surface area (Å²) in [7, 11) is 0. The number of nitrogens with one attached hydrogen (secondary N) is 1. The molecule has 0 bridgehead atoms. The average molecular weight is 456 g/mol. The van der Waals surface area contributed by atoms with Gasteiger partial charge in [-0.3, -0.25) is 0 Å². The number of ether oxygens (including phenoxy) is 4. The average Bonchev–Trinajstić information content (AvgIpc) is 2.90. The second kappa shape index (κ2) is 12.8. The van der Waals surface area contributed by atoms with Crippen LogP contribution in [0.5, 0.6) is 23.0 Å². The molecule has 4 rings (SSSR count). The van der Waals surface area contributed by atoms with Crippen molar-refractivity contribution in [3.63, 3.8) is 0 Å². The minimum atomic E-state index is 0.466. The Labute approximate surface area is 200 Å². The van der Waals surface area contributed by atoms with E-state index in [1.807, 2.05) is 97.1 Å². The molecule has 4 aromatic carbocycles. The highest BCUT2D eigenvalue weighted by atomic mass is 16.5. The molecule has 4 aromatic rings. The van der Waals surface area contributed by atoms with Gasteiger partial charge in [0.25, 0.3) is 0 Å². The Morgan fingerprint density at radius 3 is 1.50 bits per heavy atom. The molecule has 0 radical (unpaired) electrons. The minimum Gasteiger partial charge on any atom is -0.490 e. The van der Waals surface area contributed by atoms with Gasteiger partial charge < -0.3 is 24.3 Å². The van der Waals surface area contributed by atoms with E-state index in [4.69, 9.17) is 18.9 Å². The highest BCUT2D eigenvalue weighted by Crippen LogP contribution is 2.25. The first kappa shape index (κ1) is 23.1. The van der Waals surface area contributed by atoms with Crippen LogP contribution in [-0.4, -0.2) is 26.4 Å². The molecule has 0 saturated heterocycles. The molecule has 174 valence electrons. The molecular formula is C29H29NO4. The maximum absolute atomic E-state index is 5.93. The van der Waals surface area contributed by atoms with Crippen molar-refractivity contribution in [2.45, 2.75) is 6.54 Å². The number of rotatable bonds is 13. The van der Waals surface area contributed by atoms with Crippen LogP contribution >= 0.6 is 0 Å². The quantitative estimate of drug-likeness (QED) is 0.243. The zero-order valence-corrected chi connectivity index (χ0v) is 19.1. The Morgan fingerprint density at radius 1 is 0.441 bits per heavy atom. The summed E-state index contributed by atoms with van der Waals surface area (Å²) in [5.74, 6) is 3.31. The first-order valence-electron chi connectivity index (χ1n) is 11.4. The van der Waals surface area contributed by atoms with Crippen molar-refractivity contribution in [2.75, 3.05) is 31.7 Å².